The molecule has 0 bridgehead atoms. The Balaban J connectivity index is 1.92. The zero-order valence-electron chi connectivity index (χ0n) is 11.6. The first kappa shape index (κ1) is 15.6. The molecular weight excluding hydrogens is 305 g/mol. The number of carbonyl (C=O) groups excluding carboxylic acids is 1. The Morgan fingerprint density at radius 3 is 2.52 bits per heavy atom. The van der Waals surface area contributed by atoms with E-state index in [1.165, 1.54) is 11.6 Å². The fourth-order valence-electron chi connectivity index (χ4n) is 1.76. The maximum absolute atomic E-state index is 11.8. The van der Waals surface area contributed by atoms with Crippen LogP contribution < -0.4 is 5.32 Å². The van der Waals surface area contributed by atoms with Gasteiger partial charge in [-0.3, -0.25) is 4.79 Å². The van der Waals surface area contributed by atoms with Crippen LogP contribution in [0.4, 0.5) is 0 Å². The highest BCUT2D eigenvalue weighted by Crippen LogP contribution is 2.21. The van der Waals surface area contributed by atoms with Gasteiger partial charge in [-0.1, -0.05) is 59.1 Å². The van der Waals surface area contributed by atoms with Crippen LogP contribution in [0.3, 0.4) is 0 Å². The number of rotatable bonds is 4. The molecule has 108 valence electrons. The van der Waals surface area contributed by atoms with Crippen molar-refractivity contribution in [2.75, 3.05) is 0 Å². The molecule has 4 heteroatoms. The molecule has 2 nitrogen and oxygen atoms in total. The second kappa shape index (κ2) is 7.30. The van der Waals surface area contributed by atoms with Gasteiger partial charge in [0.1, 0.15) is 0 Å². The van der Waals surface area contributed by atoms with E-state index in [0.717, 1.165) is 11.1 Å². The quantitative estimate of drug-likeness (QED) is 0.818. The average molecular weight is 320 g/mol. The zero-order chi connectivity index (χ0) is 15.2. The van der Waals surface area contributed by atoms with Crippen molar-refractivity contribution in [1.29, 1.82) is 0 Å². The molecule has 2 aromatic carbocycles. The first-order chi connectivity index (χ1) is 10.0. The summed E-state index contributed by atoms with van der Waals surface area (Å²) >= 11 is 11.9. The van der Waals surface area contributed by atoms with Crippen LogP contribution in [0, 0.1) is 6.92 Å². The maximum Gasteiger partial charge on any atom is 0.244 e. The molecule has 0 radical (unpaired) electrons. The SMILES string of the molecule is Cc1ccc(CNC(=O)C=Cc2ccc(Cl)cc2Cl)cc1. The summed E-state index contributed by atoms with van der Waals surface area (Å²) < 4.78 is 0. The third kappa shape index (κ3) is 4.92. The zero-order valence-corrected chi connectivity index (χ0v) is 13.1. The van der Waals surface area contributed by atoms with Gasteiger partial charge in [0, 0.05) is 22.7 Å². The molecular formula is C17H15Cl2NO. The molecule has 0 fully saturated rings. The van der Waals surface area contributed by atoms with Gasteiger partial charge in [-0.25, -0.2) is 0 Å². The van der Waals surface area contributed by atoms with Crippen LogP contribution in [0.15, 0.2) is 48.5 Å². The normalized spacial score (nSPS) is 10.8. The summed E-state index contributed by atoms with van der Waals surface area (Å²) in [6, 6.07) is 13.2. The summed E-state index contributed by atoms with van der Waals surface area (Å²) in [6.45, 7) is 2.53. The minimum absolute atomic E-state index is 0.165. The van der Waals surface area contributed by atoms with E-state index in [2.05, 4.69) is 5.32 Å². The summed E-state index contributed by atoms with van der Waals surface area (Å²) in [5, 5.41) is 3.91. The van der Waals surface area contributed by atoms with Gasteiger partial charge in [-0.15, -0.1) is 0 Å². The van der Waals surface area contributed by atoms with Gasteiger partial charge < -0.3 is 5.32 Å². The second-order valence-corrected chi connectivity index (χ2v) is 5.55. The molecule has 0 aliphatic carbocycles. The summed E-state index contributed by atoms with van der Waals surface area (Å²) in [4.78, 5) is 11.8. The predicted molar refractivity (Wildman–Crippen MR) is 88.5 cm³/mol. The monoisotopic (exact) mass is 319 g/mol. The van der Waals surface area contributed by atoms with Crippen LogP contribution in [0.1, 0.15) is 16.7 Å². The van der Waals surface area contributed by atoms with E-state index in [9.17, 15) is 4.79 Å². The Bertz CT molecular complexity index is 663. The van der Waals surface area contributed by atoms with Crippen molar-refractivity contribution < 1.29 is 4.79 Å². The molecule has 0 aromatic heterocycles. The number of amides is 1. The molecule has 0 aliphatic rings. The van der Waals surface area contributed by atoms with Gasteiger partial charge in [0.25, 0.3) is 0 Å². The van der Waals surface area contributed by atoms with Crippen LogP contribution in [-0.2, 0) is 11.3 Å². The molecule has 0 saturated heterocycles. The molecule has 0 saturated carbocycles. The van der Waals surface area contributed by atoms with Crippen molar-refractivity contribution in [3.8, 4) is 0 Å². The van der Waals surface area contributed by atoms with Gasteiger partial charge in [-0.05, 0) is 36.3 Å². The van der Waals surface area contributed by atoms with E-state index in [1.54, 1.807) is 24.3 Å². The largest absolute Gasteiger partial charge is 0.348 e. The van der Waals surface area contributed by atoms with Crippen LogP contribution in [-0.4, -0.2) is 5.91 Å². The molecule has 1 amide bonds. The Labute approximate surface area is 134 Å². The Morgan fingerprint density at radius 2 is 1.86 bits per heavy atom. The van der Waals surface area contributed by atoms with Crippen molar-refractivity contribution in [2.24, 2.45) is 0 Å². The van der Waals surface area contributed by atoms with Crippen molar-refractivity contribution in [3.05, 3.63) is 75.3 Å². The summed E-state index contributed by atoms with van der Waals surface area (Å²) in [5.74, 6) is -0.165. The van der Waals surface area contributed by atoms with Crippen LogP contribution in [0.25, 0.3) is 6.08 Å². The molecule has 21 heavy (non-hydrogen) atoms. The number of hydrogen-bond donors (Lipinski definition) is 1. The van der Waals surface area contributed by atoms with Crippen molar-refractivity contribution in [1.82, 2.24) is 5.32 Å². The highest BCUT2D eigenvalue weighted by Gasteiger charge is 2.00. The molecule has 0 unspecified atom stereocenters. The van der Waals surface area contributed by atoms with Crippen LogP contribution >= 0.6 is 23.2 Å². The lowest BCUT2D eigenvalue weighted by Gasteiger charge is -2.03. The number of aryl methyl sites for hydroxylation is 1. The lowest BCUT2D eigenvalue weighted by molar-refractivity contribution is -0.116. The number of nitrogens with one attached hydrogen (secondary N) is 1. The van der Waals surface area contributed by atoms with Crippen molar-refractivity contribution in [3.63, 3.8) is 0 Å². The molecule has 2 rings (SSSR count). The topological polar surface area (TPSA) is 29.1 Å². The molecule has 0 atom stereocenters. The number of carbonyl (C=O) groups is 1. The summed E-state index contributed by atoms with van der Waals surface area (Å²) in [6.07, 6.45) is 3.13. The molecule has 0 spiro atoms. The van der Waals surface area contributed by atoms with Gasteiger partial charge in [0.05, 0.1) is 0 Å². The Hall–Kier alpha value is -1.77. The van der Waals surface area contributed by atoms with Gasteiger partial charge in [0.2, 0.25) is 5.91 Å². The summed E-state index contributed by atoms with van der Waals surface area (Å²) in [5.41, 5.74) is 3.01. The van der Waals surface area contributed by atoms with E-state index < -0.39 is 0 Å². The smallest absolute Gasteiger partial charge is 0.244 e. The van der Waals surface area contributed by atoms with Crippen LogP contribution in [0.5, 0.6) is 0 Å². The third-order valence-corrected chi connectivity index (χ3v) is 3.53. The van der Waals surface area contributed by atoms with Crippen LogP contribution in [0.2, 0.25) is 10.0 Å². The van der Waals surface area contributed by atoms with E-state index in [-0.39, 0.29) is 5.91 Å². The summed E-state index contributed by atoms with van der Waals surface area (Å²) in [7, 11) is 0. The third-order valence-electron chi connectivity index (χ3n) is 2.96. The van der Waals surface area contributed by atoms with E-state index in [1.807, 2.05) is 31.2 Å². The fourth-order valence-corrected chi connectivity index (χ4v) is 2.23. The van der Waals surface area contributed by atoms with Crippen molar-refractivity contribution >= 4 is 35.2 Å². The van der Waals surface area contributed by atoms with Gasteiger partial charge >= 0.3 is 0 Å². The average Bonchev–Trinajstić information content (AvgIpc) is 2.46. The highest BCUT2D eigenvalue weighted by atomic mass is 35.5. The lowest BCUT2D eigenvalue weighted by Crippen LogP contribution is -2.20. The minimum atomic E-state index is -0.165. The number of hydrogen-bond acceptors (Lipinski definition) is 1. The Kier molecular flexibility index (Phi) is 5.43. The number of benzene rings is 2. The molecule has 1 N–H and O–H groups in total. The van der Waals surface area contributed by atoms with Gasteiger partial charge in [-0.2, -0.15) is 0 Å². The van der Waals surface area contributed by atoms with Gasteiger partial charge in [0.15, 0.2) is 0 Å². The molecule has 2 aromatic rings. The second-order valence-electron chi connectivity index (χ2n) is 4.70. The highest BCUT2D eigenvalue weighted by molar-refractivity contribution is 6.35. The molecule has 0 aliphatic heterocycles. The number of halogens is 2. The predicted octanol–water partition coefficient (Wildman–Crippen LogP) is 4.63. The maximum atomic E-state index is 11.8. The first-order valence-corrected chi connectivity index (χ1v) is 7.27. The lowest BCUT2D eigenvalue weighted by atomic mass is 10.1. The molecule has 0 heterocycles. The fraction of sp³-hybridized carbons (Fsp3) is 0.118. The minimum Gasteiger partial charge on any atom is -0.348 e. The van der Waals surface area contributed by atoms with E-state index >= 15 is 0 Å². The Morgan fingerprint density at radius 1 is 1.14 bits per heavy atom. The van der Waals surface area contributed by atoms with E-state index in [0.29, 0.717) is 16.6 Å². The standard InChI is InChI=1S/C17H15Cl2NO/c1-12-2-4-13(5-3-12)11-20-17(21)9-7-14-6-8-15(18)10-16(14)19/h2-10H,11H2,1H3,(H,20,21). The van der Waals surface area contributed by atoms with Crippen molar-refractivity contribution in [2.45, 2.75) is 13.5 Å². The first-order valence-electron chi connectivity index (χ1n) is 6.51. The van der Waals surface area contributed by atoms with E-state index in [4.69, 9.17) is 23.2 Å².